The Morgan fingerprint density at radius 1 is 1.29 bits per heavy atom. The maximum atomic E-state index is 11.8. The van der Waals surface area contributed by atoms with Crippen molar-refractivity contribution in [1.29, 1.82) is 0 Å². The number of para-hydroxylation sites is 1. The number of ether oxygens (including phenoxy) is 1. The van der Waals surface area contributed by atoms with Crippen LogP contribution in [0.2, 0.25) is 0 Å². The van der Waals surface area contributed by atoms with Gasteiger partial charge in [0.2, 0.25) is 5.91 Å². The summed E-state index contributed by atoms with van der Waals surface area (Å²) in [4.78, 5) is 16.0. The SMILES string of the molecule is CC(C)(C)NC(=O)Cc1n[nH]c(COc2ccccc2)n1. The Morgan fingerprint density at radius 2 is 2.00 bits per heavy atom. The molecule has 0 aliphatic heterocycles. The van der Waals surface area contributed by atoms with E-state index >= 15 is 0 Å². The summed E-state index contributed by atoms with van der Waals surface area (Å²) in [6.45, 7) is 6.09. The predicted molar refractivity (Wildman–Crippen MR) is 78.8 cm³/mol. The number of benzene rings is 1. The Hall–Kier alpha value is -2.37. The summed E-state index contributed by atoms with van der Waals surface area (Å²) in [6.07, 6.45) is 0.152. The van der Waals surface area contributed by atoms with Crippen LogP contribution in [-0.4, -0.2) is 26.6 Å². The average Bonchev–Trinajstić information content (AvgIpc) is 2.83. The highest BCUT2D eigenvalue weighted by molar-refractivity contribution is 5.78. The second-order valence-corrected chi connectivity index (χ2v) is 5.78. The molecule has 6 nitrogen and oxygen atoms in total. The van der Waals surface area contributed by atoms with Gasteiger partial charge in [0.15, 0.2) is 11.6 Å². The number of carbonyl (C=O) groups is 1. The van der Waals surface area contributed by atoms with Crippen molar-refractivity contribution in [3.05, 3.63) is 42.0 Å². The molecule has 0 aliphatic rings. The van der Waals surface area contributed by atoms with E-state index in [-0.39, 0.29) is 24.5 Å². The van der Waals surface area contributed by atoms with Gasteiger partial charge in [-0.15, -0.1) is 0 Å². The Balaban J connectivity index is 1.85. The molecule has 1 heterocycles. The fraction of sp³-hybridized carbons (Fsp3) is 0.400. The molecule has 1 aromatic heterocycles. The van der Waals surface area contributed by atoms with Crippen LogP contribution in [0.25, 0.3) is 0 Å². The zero-order chi connectivity index (χ0) is 15.3. The minimum atomic E-state index is -0.257. The molecule has 0 atom stereocenters. The molecule has 0 fully saturated rings. The van der Waals surface area contributed by atoms with Gasteiger partial charge in [-0.1, -0.05) is 18.2 Å². The summed E-state index contributed by atoms with van der Waals surface area (Å²) in [5.41, 5.74) is -0.257. The van der Waals surface area contributed by atoms with E-state index in [1.54, 1.807) is 0 Å². The molecule has 0 spiro atoms. The summed E-state index contributed by atoms with van der Waals surface area (Å²) >= 11 is 0. The number of H-pyrrole nitrogens is 1. The van der Waals surface area contributed by atoms with Crippen LogP contribution in [0.1, 0.15) is 32.4 Å². The van der Waals surface area contributed by atoms with Gasteiger partial charge in [0.25, 0.3) is 0 Å². The van der Waals surface area contributed by atoms with Crippen LogP contribution in [0.15, 0.2) is 30.3 Å². The van der Waals surface area contributed by atoms with Crippen LogP contribution < -0.4 is 10.1 Å². The highest BCUT2D eigenvalue weighted by Crippen LogP contribution is 2.10. The lowest BCUT2D eigenvalue weighted by Gasteiger charge is -2.19. The zero-order valence-electron chi connectivity index (χ0n) is 12.5. The molecule has 1 amide bonds. The molecular formula is C15H20N4O2. The minimum absolute atomic E-state index is 0.1000. The predicted octanol–water partition coefficient (Wildman–Crippen LogP) is 1.84. The number of amides is 1. The summed E-state index contributed by atoms with van der Waals surface area (Å²) in [7, 11) is 0. The standard InChI is InChI=1S/C15H20N4O2/c1-15(2,3)17-14(20)9-12-16-13(19-18-12)10-21-11-7-5-4-6-8-11/h4-8H,9-10H2,1-3H3,(H,17,20)(H,16,18,19). The first kappa shape index (κ1) is 15.0. The number of nitrogens with one attached hydrogen (secondary N) is 2. The average molecular weight is 288 g/mol. The number of aromatic amines is 1. The van der Waals surface area contributed by atoms with E-state index in [9.17, 15) is 4.79 Å². The molecule has 112 valence electrons. The van der Waals surface area contributed by atoms with Crippen LogP contribution in [0.4, 0.5) is 0 Å². The van der Waals surface area contributed by atoms with Crippen LogP contribution in [0.5, 0.6) is 5.75 Å². The van der Waals surface area contributed by atoms with Gasteiger partial charge in [-0.2, -0.15) is 5.10 Å². The second kappa shape index (κ2) is 6.39. The molecule has 1 aromatic carbocycles. The van der Waals surface area contributed by atoms with Crippen LogP contribution in [0, 0.1) is 0 Å². The van der Waals surface area contributed by atoms with E-state index in [2.05, 4.69) is 20.5 Å². The van der Waals surface area contributed by atoms with Crippen molar-refractivity contribution >= 4 is 5.91 Å². The molecule has 0 saturated carbocycles. The third kappa shape index (κ3) is 5.25. The lowest BCUT2D eigenvalue weighted by atomic mass is 10.1. The summed E-state index contributed by atoms with van der Waals surface area (Å²) < 4.78 is 5.56. The highest BCUT2D eigenvalue weighted by Gasteiger charge is 2.16. The van der Waals surface area contributed by atoms with Crippen molar-refractivity contribution < 1.29 is 9.53 Å². The van der Waals surface area contributed by atoms with Gasteiger partial charge in [0.05, 0.1) is 6.42 Å². The number of carbonyl (C=O) groups excluding carboxylic acids is 1. The third-order valence-corrected chi connectivity index (χ3v) is 2.53. The quantitative estimate of drug-likeness (QED) is 0.879. The molecule has 2 aromatic rings. The molecule has 0 bridgehead atoms. The zero-order valence-corrected chi connectivity index (χ0v) is 12.5. The first-order valence-electron chi connectivity index (χ1n) is 6.81. The number of hydrogen-bond acceptors (Lipinski definition) is 4. The van der Waals surface area contributed by atoms with E-state index in [1.165, 1.54) is 0 Å². The Labute approximate surface area is 123 Å². The number of aromatic nitrogens is 3. The topological polar surface area (TPSA) is 79.9 Å². The van der Waals surface area contributed by atoms with E-state index in [0.717, 1.165) is 5.75 Å². The van der Waals surface area contributed by atoms with Gasteiger partial charge < -0.3 is 10.1 Å². The Morgan fingerprint density at radius 3 is 2.67 bits per heavy atom. The molecule has 2 rings (SSSR count). The van der Waals surface area contributed by atoms with Gasteiger partial charge in [-0.05, 0) is 32.9 Å². The molecule has 0 aliphatic carbocycles. The van der Waals surface area contributed by atoms with Crippen molar-refractivity contribution in [2.24, 2.45) is 0 Å². The van der Waals surface area contributed by atoms with Crippen LogP contribution in [-0.2, 0) is 17.8 Å². The molecule has 6 heteroatoms. The summed E-state index contributed by atoms with van der Waals surface area (Å²) in [6, 6.07) is 9.46. The van der Waals surface area contributed by atoms with Crippen molar-refractivity contribution in [2.45, 2.75) is 39.3 Å². The maximum absolute atomic E-state index is 11.8. The molecule has 0 unspecified atom stereocenters. The van der Waals surface area contributed by atoms with Crippen LogP contribution in [0.3, 0.4) is 0 Å². The van der Waals surface area contributed by atoms with Crippen molar-refractivity contribution in [1.82, 2.24) is 20.5 Å². The first-order chi connectivity index (χ1) is 9.92. The van der Waals surface area contributed by atoms with E-state index in [1.807, 2.05) is 51.1 Å². The third-order valence-electron chi connectivity index (χ3n) is 2.53. The minimum Gasteiger partial charge on any atom is -0.486 e. The number of nitrogens with zero attached hydrogens (tertiary/aromatic N) is 2. The molecule has 2 N–H and O–H groups in total. The highest BCUT2D eigenvalue weighted by atomic mass is 16.5. The summed E-state index contributed by atoms with van der Waals surface area (Å²) in [5.74, 6) is 1.72. The fourth-order valence-corrected chi connectivity index (χ4v) is 1.75. The van der Waals surface area contributed by atoms with Gasteiger partial charge in [-0.3, -0.25) is 9.89 Å². The van der Waals surface area contributed by atoms with Crippen molar-refractivity contribution in [2.75, 3.05) is 0 Å². The number of hydrogen-bond donors (Lipinski definition) is 2. The Bertz CT molecular complexity index is 587. The molecule has 0 radical (unpaired) electrons. The first-order valence-corrected chi connectivity index (χ1v) is 6.81. The monoisotopic (exact) mass is 288 g/mol. The lowest BCUT2D eigenvalue weighted by Crippen LogP contribution is -2.41. The number of rotatable bonds is 5. The van der Waals surface area contributed by atoms with E-state index in [4.69, 9.17) is 4.74 Å². The van der Waals surface area contributed by atoms with Gasteiger partial charge in [-0.25, -0.2) is 4.98 Å². The molecular weight excluding hydrogens is 268 g/mol. The van der Waals surface area contributed by atoms with Crippen molar-refractivity contribution in [3.8, 4) is 5.75 Å². The largest absolute Gasteiger partial charge is 0.486 e. The normalized spacial score (nSPS) is 11.2. The lowest BCUT2D eigenvalue weighted by molar-refractivity contribution is -0.121. The van der Waals surface area contributed by atoms with Gasteiger partial charge in [0, 0.05) is 5.54 Å². The van der Waals surface area contributed by atoms with Gasteiger partial charge in [0.1, 0.15) is 12.4 Å². The van der Waals surface area contributed by atoms with E-state index < -0.39 is 0 Å². The van der Waals surface area contributed by atoms with Crippen molar-refractivity contribution in [3.63, 3.8) is 0 Å². The Kier molecular flexibility index (Phi) is 4.57. The van der Waals surface area contributed by atoms with Gasteiger partial charge >= 0.3 is 0 Å². The second-order valence-electron chi connectivity index (χ2n) is 5.78. The fourth-order valence-electron chi connectivity index (χ4n) is 1.75. The molecule has 0 saturated heterocycles. The molecule has 21 heavy (non-hydrogen) atoms. The smallest absolute Gasteiger partial charge is 0.228 e. The summed E-state index contributed by atoms with van der Waals surface area (Å²) in [5, 5.41) is 9.67. The van der Waals surface area contributed by atoms with Crippen LogP contribution >= 0.6 is 0 Å². The van der Waals surface area contributed by atoms with E-state index in [0.29, 0.717) is 11.6 Å². The maximum Gasteiger partial charge on any atom is 0.228 e.